The largest absolute Gasteiger partial charge is 0.493 e. The van der Waals surface area contributed by atoms with Crippen LogP contribution in [-0.2, 0) is 66.7 Å². The van der Waals surface area contributed by atoms with Crippen LogP contribution in [0.25, 0.3) is 11.1 Å². The molecule has 6 aliphatic heterocycles. The Morgan fingerprint density at radius 2 is 1.04 bits per heavy atom. The van der Waals surface area contributed by atoms with E-state index >= 15 is 0 Å². The molecule has 0 radical (unpaired) electrons. The topological polar surface area (TPSA) is 336 Å². The van der Waals surface area contributed by atoms with Crippen molar-refractivity contribution in [3.63, 3.8) is 0 Å². The number of Topliss-reactive ketones (excluding diaryl/α,β-unsaturated/α-hetero) is 1. The number of methoxy groups -OCH3 is 2. The number of imide groups is 1. The van der Waals surface area contributed by atoms with E-state index in [1.807, 2.05) is 56.6 Å². The van der Waals surface area contributed by atoms with Crippen molar-refractivity contribution in [3.8, 4) is 34.5 Å². The Labute approximate surface area is 627 Å². The van der Waals surface area contributed by atoms with E-state index in [1.54, 1.807) is 72.5 Å². The number of likely N-dealkylation sites (tertiary alicyclic amines) is 1. The second-order valence-electron chi connectivity index (χ2n) is 26.7. The average Bonchev–Trinajstić information content (AvgIpc) is 1.64. The first-order chi connectivity index (χ1) is 52.5. The number of carbonyl (C=O) groups is 8. The van der Waals surface area contributed by atoms with Crippen LogP contribution in [0.4, 0.5) is 17.1 Å². The molecule has 6 heterocycles. The van der Waals surface area contributed by atoms with Gasteiger partial charge in [-0.2, -0.15) is 0 Å². The van der Waals surface area contributed by atoms with Crippen LogP contribution >= 0.6 is 0 Å². The Kier molecular flexibility index (Phi) is 30.7. The fourth-order valence-corrected chi connectivity index (χ4v) is 12.5. The molecule has 0 aromatic heterocycles. The predicted molar refractivity (Wildman–Crippen MR) is 395 cm³/mol. The van der Waals surface area contributed by atoms with Gasteiger partial charge in [-0.25, -0.2) is 0 Å². The number of hydrogen-bond acceptors (Lipinski definition) is 24. The number of benzene rings is 4. The molecule has 0 saturated carbocycles. The number of aliphatic imine (C=N–C) groups is 2. The molecule has 10 rings (SSSR count). The van der Waals surface area contributed by atoms with E-state index in [4.69, 9.17) is 76.3 Å². The molecule has 3 N–H and O–H groups in total. The molecular weight excluding hydrogens is 1400 g/mol. The lowest BCUT2D eigenvalue weighted by Gasteiger charge is -2.23. The molecule has 30 nitrogen and oxygen atoms in total. The van der Waals surface area contributed by atoms with E-state index in [0.717, 1.165) is 27.2 Å². The zero-order chi connectivity index (χ0) is 76.3. The lowest BCUT2D eigenvalue weighted by molar-refractivity contribution is -0.139. The number of nitrogens with zero attached hydrogens (tertiary/aromatic N) is 5. The van der Waals surface area contributed by atoms with Gasteiger partial charge in [-0.1, -0.05) is 45.9 Å². The van der Waals surface area contributed by atoms with Crippen molar-refractivity contribution in [1.82, 2.24) is 25.3 Å². The molecule has 1 saturated heterocycles. The van der Waals surface area contributed by atoms with Crippen LogP contribution in [-0.4, -0.2) is 245 Å². The van der Waals surface area contributed by atoms with Crippen LogP contribution in [0.2, 0.25) is 0 Å². The summed E-state index contributed by atoms with van der Waals surface area (Å²) in [4.78, 5) is 118. The fraction of sp³-hybridized carbons (Fsp3) is 0.513. The highest BCUT2D eigenvalue weighted by Gasteiger charge is 2.38. The van der Waals surface area contributed by atoms with E-state index in [0.29, 0.717) is 181 Å². The van der Waals surface area contributed by atoms with Crippen LogP contribution in [0.5, 0.6) is 34.5 Å². The monoisotopic (exact) mass is 1500 g/mol. The number of fused-ring (bicyclic) bond motifs is 5. The molecule has 30 heteroatoms. The molecule has 4 aromatic carbocycles. The summed E-state index contributed by atoms with van der Waals surface area (Å²) in [5.41, 5.74) is 5.85. The van der Waals surface area contributed by atoms with Crippen molar-refractivity contribution < 1.29 is 105 Å². The van der Waals surface area contributed by atoms with E-state index in [1.165, 1.54) is 14.2 Å². The lowest BCUT2D eigenvalue weighted by atomic mass is 9.92. The summed E-state index contributed by atoms with van der Waals surface area (Å²) in [6, 6.07) is 18.3. The van der Waals surface area contributed by atoms with Gasteiger partial charge in [0.15, 0.2) is 40.3 Å². The fourth-order valence-electron chi connectivity index (χ4n) is 12.5. The summed E-state index contributed by atoms with van der Waals surface area (Å²) in [6.07, 6.45) is 8.96. The van der Waals surface area contributed by atoms with Crippen molar-refractivity contribution >= 4 is 87.8 Å². The second kappa shape index (κ2) is 41.1. The maximum atomic E-state index is 14.2. The molecular formula is C78H98N8O22. The number of anilines is 1. The van der Waals surface area contributed by atoms with Gasteiger partial charge in [0.25, 0.3) is 11.8 Å². The van der Waals surface area contributed by atoms with E-state index in [2.05, 4.69) is 16.0 Å². The van der Waals surface area contributed by atoms with Crippen molar-refractivity contribution in [2.75, 3.05) is 158 Å². The highest BCUT2D eigenvalue weighted by Crippen LogP contribution is 2.43. The van der Waals surface area contributed by atoms with Gasteiger partial charge < -0.3 is 92.1 Å². The third-order valence-electron chi connectivity index (χ3n) is 18.5. The zero-order valence-electron chi connectivity index (χ0n) is 62.1. The quantitative estimate of drug-likeness (QED) is 0.0288. The highest BCUT2D eigenvalue weighted by atomic mass is 16.7. The van der Waals surface area contributed by atoms with Crippen LogP contribution in [0, 0.1) is 17.8 Å². The van der Waals surface area contributed by atoms with Crippen LogP contribution in [0.1, 0.15) is 104 Å². The third kappa shape index (κ3) is 22.7. The number of rotatable bonds is 47. The Morgan fingerprint density at radius 3 is 1.54 bits per heavy atom. The first-order valence-corrected chi connectivity index (χ1v) is 36.7. The SMILES string of the molecule is COc1cc2c(cc1OCCCOc1cc3c(cc1OC)C(=O)N1C=C(c4ccc5c(c4)OCO5)C[C@H]1C=N3)N=C[C@@H]1CC(c3ccc(NC(=O)[C@H](C)CC(=O)C(NC(=O)CCOCCOCCOCCOCCOCCOCCOCCOCCNC(=O)CCN4C(=O)CC(C)C4=O)C(C)C)cc3)=CN1C2=O. The molecule has 4 aromatic rings. The molecule has 5 atom stereocenters. The summed E-state index contributed by atoms with van der Waals surface area (Å²) < 4.78 is 79.0. The maximum absolute atomic E-state index is 14.2. The molecule has 6 aliphatic rings. The van der Waals surface area contributed by atoms with Crippen molar-refractivity contribution in [2.24, 2.45) is 27.7 Å². The van der Waals surface area contributed by atoms with Gasteiger partial charge in [0, 0.05) is 113 Å². The Balaban J connectivity index is 0.536. The maximum Gasteiger partial charge on any atom is 0.260 e. The van der Waals surface area contributed by atoms with Gasteiger partial charge in [-0.05, 0) is 64.6 Å². The first kappa shape index (κ1) is 80.9. The van der Waals surface area contributed by atoms with Gasteiger partial charge in [0.2, 0.25) is 36.3 Å². The van der Waals surface area contributed by atoms with Crippen molar-refractivity contribution in [3.05, 3.63) is 101 Å². The number of carbonyl (C=O) groups excluding carboxylic acids is 8. The zero-order valence-corrected chi connectivity index (χ0v) is 62.1. The minimum atomic E-state index is -0.793. The molecule has 7 amide bonds. The molecule has 108 heavy (non-hydrogen) atoms. The Morgan fingerprint density at radius 1 is 0.546 bits per heavy atom. The summed E-state index contributed by atoms with van der Waals surface area (Å²) in [7, 11) is 3.02. The van der Waals surface area contributed by atoms with Crippen molar-refractivity contribution in [1.29, 1.82) is 0 Å². The summed E-state index contributed by atoms with van der Waals surface area (Å²) >= 11 is 0. The third-order valence-corrected chi connectivity index (χ3v) is 18.5. The lowest BCUT2D eigenvalue weighted by Crippen LogP contribution is -2.45. The molecule has 2 unspecified atom stereocenters. The number of ether oxygens (including phenoxy) is 14. The minimum Gasteiger partial charge on any atom is -0.493 e. The number of hydrogen-bond donors (Lipinski definition) is 3. The summed E-state index contributed by atoms with van der Waals surface area (Å²) in [6.45, 7) is 13.8. The molecule has 0 aliphatic carbocycles. The molecule has 582 valence electrons. The van der Waals surface area contributed by atoms with E-state index in [-0.39, 0.29) is 137 Å². The van der Waals surface area contributed by atoms with Gasteiger partial charge >= 0.3 is 0 Å². The van der Waals surface area contributed by atoms with Gasteiger partial charge in [-0.3, -0.25) is 53.2 Å². The minimum absolute atomic E-state index is 0.0389. The Bertz CT molecular complexity index is 3920. The van der Waals surface area contributed by atoms with Crippen LogP contribution in [0.15, 0.2) is 89.1 Å². The predicted octanol–water partition coefficient (Wildman–Crippen LogP) is 7.32. The van der Waals surface area contributed by atoms with Gasteiger partial charge in [0.1, 0.15) is 0 Å². The van der Waals surface area contributed by atoms with Crippen LogP contribution < -0.4 is 44.4 Å². The van der Waals surface area contributed by atoms with Gasteiger partial charge in [-0.15, -0.1) is 0 Å². The first-order valence-electron chi connectivity index (χ1n) is 36.7. The summed E-state index contributed by atoms with van der Waals surface area (Å²) in [5.74, 6) is -0.424. The standard InChI is InChI=1S/C78H98N8O22/c1-50(2)74(83-72(89)15-20-97-22-24-99-26-28-101-30-32-103-34-35-104-33-31-102-29-27-100-25-23-98-21-16-79-71(88)14-17-84-73(90)37-52(4)76(84)92)64(87)36-51(3)75(91)82-57-11-8-53(9-12-57)55-38-58-45-80-62-43-69(66(95-5)41-60(62)77(93)85(58)47-55)105-18-7-19-106-70-44-63-61(42-67(70)96-6)78(94)86-48-56(39-59(86)46-81-63)54-10-13-65-68(40-54)108-49-107-65/h8-13,40-48,50-52,58-59,74H,7,14-39,49H2,1-6H3,(H,79,88)(H,82,91)(H,83,89)/t51-,52?,58+,59+,74?/m1/s1. The number of ketones is 1. The second-order valence-corrected chi connectivity index (χ2v) is 26.7. The average molecular weight is 1500 g/mol. The molecule has 0 bridgehead atoms. The van der Waals surface area contributed by atoms with E-state index < -0.39 is 12.0 Å². The van der Waals surface area contributed by atoms with Crippen LogP contribution in [0.3, 0.4) is 0 Å². The molecule has 0 spiro atoms. The summed E-state index contributed by atoms with van der Waals surface area (Å²) in [5, 5.41) is 8.45. The smallest absolute Gasteiger partial charge is 0.260 e. The van der Waals surface area contributed by atoms with Crippen molar-refractivity contribution in [2.45, 2.75) is 90.8 Å². The number of amides is 7. The highest BCUT2D eigenvalue weighted by molar-refractivity contribution is 6.07. The van der Waals surface area contributed by atoms with E-state index in [9.17, 15) is 38.4 Å². The normalized spacial score (nSPS) is 17.4. The Hall–Kier alpha value is -9.66. The van der Waals surface area contributed by atoms with Gasteiger partial charge in [0.05, 0.1) is 174 Å². The molecule has 1 fully saturated rings. The number of nitrogens with one attached hydrogen (secondary N) is 3.